The summed E-state index contributed by atoms with van der Waals surface area (Å²) in [5.41, 5.74) is 12.2. The minimum atomic E-state index is -0.311. The van der Waals surface area contributed by atoms with Crippen LogP contribution in [0.25, 0.3) is 11.3 Å². The number of para-hydroxylation sites is 1. The monoisotopic (exact) mass is 756 g/mol. The van der Waals surface area contributed by atoms with Crippen molar-refractivity contribution in [2.75, 3.05) is 41.7 Å². The Morgan fingerprint density at radius 1 is 0.821 bits per heavy atom. The summed E-state index contributed by atoms with van der Waals surface area (Å²) in [5, 5.41) is 24.8. The zero-order chi connectivity index (χ0) is 38.2. The maximum atomic E-state index is 12.2. The van der Waals surface area contributed by atoms with Crippen LogP contribution in [0.1, 0.15) is 92.9 Å². The van der Waals surface area contributed by atoms with E-state index in [1.54, 1.807) is 12.1 Å². The number of benzene rings is 2. The maximum Gasteiger partial charge on any atom is 0.243 e. The third-order valence-corrected chi connectivity index (χ3v) is 13.1. The van der Waals surface area contributed by atoms with Gasteiger partial charge in [-0.1, -0.05) is 36.4 Å². The first-order valence-electron chi connectivity index (χ1n) is 20.5. The number of phenols is 1. The second-order valence-electron chi connectivity index (χ2n) is 16.4. The Hall–Kier alpha value is -5.14. The molecule has 5 aliphatic rings. The number of phenolic OH excluding ortho intramolecular Hbond substituents is 1. The molecule has 2 aromatic carbocycles. The molecule has 1 saturated carbocycles. The lowest BCUT2D eigenvalue weighted by molar-refractivity contribution is -0.134. The van der Waals surface area contributed by atoms with Crippen LogP contribution in [-0.4, -0.2) is 92.3 Å². The fourth-order valence-electron chi connectivity index (χ4n) is 10.0. The van der Waals surface area contributed by atoms with Crippen LogP contribution in [0, 0.1) is 0 Å². The average Bonchev–Trinajstić information content (AvgIpc) is 3.50. The van der Waals surface area contributed by atoms with Crippen molar-refractivity contribution >= 4 is 29.3 Å². The lowest BCUT2D eigenvalue weighted by atomic mass is 9.80. The van der Waals surface area contributed by atoms with E-state index in [-0.39, 0.29) is 35.7 Å². The predicted octanol–water partition coefficient (Wildman–Crippen LogP) is 4.88. The quantitative estimate of drug-likeness (QED) is 0.171. The molecule has 4 aliphatic heterocycles. The van der Waals surface area contributed by atoms with E-state index >= 15 is 0 Å². The van der Waals surface area contributed by atoms with Crippen LogP contribution in [0.5, 0.6) is 5.75 Å². The van der Waals surface area contributed by atoms with Gasteiger partial charge in [0.2, 0.25) is 17.8 Å². The number of likely N-dealkylation sites (tertiary alicyclic amines) is 1. The van der Waals surface area contributed by atoms with Gasteiger partial charge >= 0.3 is 0 Å². The highest BCUT2D eigenvalue weighted by atomic mass is 16.3. The first-order valence-corrected chi connectivity index (χ1v) is 20.5. The predicted molar refractivity (Wildman–Crippen MR) is 215 cm³/mol. The summed E-state index contributed by atoms with van der Waals surface area (Å²) in [6.07, 6.45) is 12.1. The van der Waals surface area contributed by atoms with Crippen LogP contribution in [0.2, 0.25) is 0 Å². The number of hydrogen-bond acceptors (Lipinski definition) is 12. The number of imide groups is 1. The number of amides is 2. The number of nitrogens with one attached hydrogen (secondary N) is 2. The van der Waals surface area contributed by atoms with E-state index in [0.717, 1.165) is 63.5 Å². The molecule has 3 atom stereocenters. The van der Waals surface area contributed by atoms with Gasteiger partial charge in [0, 0.05) is 67.6 Å². The van der Waals surface area contributed by atoms with Crippen molar-refractivity contribution in [3.05, 3.63) is 83.7 Å². The van der Waals surface area contributed by atoms with Crippen LogP contribution in [0.3, 0.4) is 0 Å². The topological polar surface area (TPSA) is 166 Å². The molecule has 5 N–H and O–H groups in total. The van der Waals surface area contributed by atoms with Crippen LogP contribution >= 0.6 is 0 Å². The van der Waals surface area contributed by atoms with E-state index in [1.165, 1.54) is 42.5 Å². The van der Waals surface area contributed by atoms with Crippen molar-refractivity contribution in [1.82, 2.24) is 35.7 Å². The van der Waals surface area contributed by atoms with Crippen molar-refractivity contribution < 1.29 is 14.7 Å². The summed E-state index contributed by atoms with van der Waals surface area (Å²) in [5.74, 6) is 2.03. The number of carbonyl (C=O) groups excluding carboxylic acids is 2. The Labute approximate surface area is 328 Å². The van der Waals surface area contributed by atoms with Crippen molar-refractivity contribution in [3.8, 4) is 17.0 Å². The van der Waals surface area contributed by atoms with Crippen molar-refractivity contribution in [3.63, 3.8) is 0 Å². The lowest BCUT2D eigenvalue weighted by Crippen LogP contribution is -2.54. The van der Waals surface area contributed by atoms with E-state index in [4.69, 9.17) is 15.7 Å². The van der Waals surface area contributed by atoms with E-state index in [1.807, 2.05) is 24.4 Å². The second-order valence-corrected chi connectivity index (χ2v) is 16.4. The highest BCUT2D eigenvalue weighted by molar-refractivity contribution is 6.00. The van der Waals surface area contributed by atoms with Gasteiger partial charge in [-0.2, -0.15) is 0 Å². The Balaban J connectivity index is 0.775. The summed E-state index contributed by atoms with van der Waals surface area (Å²) < 4.78 is 0. The molecule has 292 valence electrons. The van der Waals surface area contributed by atoms with Crippen molar-refractivity contribution in [1.29, 1.82) is 0 Å². The van der Waals surface area contributed by atoms with Crippen LogP contribution in [0.15, 0.2) is 66.9 Å². The maximum absolute atomic E-state index is 12.2. The molecule has 4 aromatic rings. The molecule has 2 amide bonds. The first kappa shape index (κ1) is 36.5. The molecule has 2 bridgehead atoms. The number of nitrogens with zero attached hydrogens (tertiary/aromatic N) is 7. The van der Waals surface area contributed by atoms with Gasteiger partial charge < -0.3 is 30.9 Å². The van der Waals surface area contributed by atoms with Crippen LogP contribution in [0.4, 0.5) is 17.5 Å². The fraction of sp³-hybridized carbons (Fsp3) is 0.488. The van der Waals surface area contributed by atoms with E-state index < -0.39 is 0 Å². The molecule has 1 aliphatic carbocycles. The summed E-state index contributed by atoms with van der Waals surface area (Å²) >= 11 is 0. The van der Waals surface area contributed by atoms with Gasteiger partial charge in [0.15, 0.2) is 5.82 Å². The molecule has 0 spiro atoms. The highest BCUT2D eigenvalue weighted by Crippen LogP contribution is 2.40. The van der Waals surface area contributed by atoms with Gasteiger partial charge in [0.1, 0.15) is 5.75 Å². The van der Waals surface area contributed by atoms with Crippen molar-refractivity contribution in [2.45, 2.75) is 107 Å². The summed E-state index contributed by atoms with van der Waals surface area (Å²) in [6.45, 7) is 4.44. The largest absolute Gasteiger partial charge is 0.507 e. The van der Waals surface area contributed by atoms with Crippen LogP contribution in [-0.2, 0) is 16.1 Å². The summed E-state index contributed by atoms with van der Waals surface area (Å²) in [7, 11) is 0. The third kappa shape index (κ3) is 7.54. The summed E-state index contributed by atoms with van der Waals surface area (Å²) in [4.78, 5) is 41.2. The van der Waals surface area contributed by atoms with E-state index in [0.29, 0.717) is 54.3 Å². The first-order chi connectivity index (χ1) is 27.4. The minimum absolute atomic E-state index is 0.173. The Kier molecular flexibility index (Phi) is 10.3. The third-order valence-electron chi connectivity index (χ3n) is 13.1. The second kappa shape index (κ2) is 15.8. The number of anilines is 3. The summed E-state index contributed by atoms with van der Waals surface area (Å²) in [6, 6.07) is 21.0. The molecule has 9 rings (SSSR count). The van der Waals surface area contributed by atoms with Crippen molar-refractivity contribution in [2.24, 2.45) is 0 Å². The Morgan fingerprint density at radius 2 is 1.59 bits per heavy atom. The number of hydrogen-bond donors (Lipinski definition) is 4. The molecule has 2 aromatic heterocycles. The smallest absolute Gasteiger partial charge is 0.243 e. The zero-order valence-corrected chi connectivity index (χ0v) is 31.9. The number of carbonyl (C=O) groups is 2. The number of piperidine rings is 2. The normalized spacial score (nSPS) is 26.0. The van der Waals surface area contributed by atoms with Gasteiger partial charge in [-0.25, -0.2) is 9.97 Å². The molecular weight excluding hydrogens is 705 g/mol. The molecular formula is C43H52N10O3. The fourth-order valence-corrected chi connectivity index (χ4v) is 10.0. The molecule has 5 fully saturated rings. The lowest BCUT2D eigenvalue weighted by Gasteiger charge is -2.42. The van der Waals surface area contributed by atoms with Gasteiger partial charge in [-0.3, -0.25) is 14.9 Å². The minimum Gasteiger partial charge on any atom is -0.507 e. The molecule has 4 saturated heterocycles. The average molecular weight is 757 g/mol. The highest BCUT2D eigenvalue weighted by Gasteiger charge is 2.42. The van der Waals surface area contributed by atoms with Gasteiger partial charge in [-0.15, -0.1) is 10.2 Å². The molecule has 13 nitrogen and oxygen atoms in total. The molecule has 13 heteroatoms. The molecule has 56 heavy (non-hydrogen) atoms. The van der Waals surface area contributed by atoms with Gasteiger partial charge in [0.25, 0.3) is 0 Å². The number of nitrogens with two attached hydrogens (primary N) is 1. The SMILES string of the molecule is Nc1nnc(-c2ccccc2O)cc1N1C[C@H]2CC[C@@H](C1)N2c1nccc(C2CCN(C3CCC(c4cccc(CN[C@@H]5CCC(=O)NC5=O)c4)CC3)CC2)n1. The van der Waals surface area contributed by atoms with E-state index in [2.05, 4.69) is 65.9 Å². The van der Waals surface area contributed by atoms with E-state index in [9.17, 15) is 14.7 Å². The zero-order valence-electron chi connectivity index (χ0n) is 31.9. The molecule has 0 unspecified atom stereocenters. The number of aromatic hydroxyl groups is 1. The number of rotatable bonds is 9. The standard InChI is InChI=1S/C43H52N10O3/c44-41-38(23-37(49-50-41)34-6-1-2-7-39(34)54)52-25-32-12-13-33(26-52)53(32)43-45-19-16-35(47-43)29-17-20-51(21-18-29)31-10-8-28(9-11-31)30-5-3-4-27(22-30)24-46-36-14-15-40(55)48-42(36)56/h1-7,16,19,22-23,28-29,31-33,36,46,54H,8-15,17-18,20-21,24-26H2,(H2,44,50)(H,48,55,56)/t28?,31?,32-,33+,36-/m1/s1. The van der Waals surface area contributed by atoms with Gasteiger partial charge in [0.05, 0.1) is 17.4 Å². The Morgan fingerprint density at radius 3 is 2.36 bits per heavy atom. The van der Waals surface area contributed by atoms with Crippen LogP contribution < -0.4 is 26.2 Å². The number of aromatic nitrogens is 4. The van der Waals surface area contributed by atoms with Gasteiger partial charge in [-0.05, 0) is 112 Å². The molecule has 0 radical (unpaired) electrons. The number of fused-ring (bicyclic) bond motifs is 2. The number of piperazine rings is 1. The molecule has 6 heterocycles. The number of nitrogen functional groups attached to an aromatic ring is 1. The Bertz CT molecular complexity index is 2050.